The van der Waals surface area contributed by atoms with Gasteiger partial charge >= 0.3 is 0 Å². The highest BCUT2D eigenvalue weighted by molar-refractivity contribution is 9.10. The Hall–Kier alpha value is -0.260. The minimum absolute atomic E-state index is 0.390. The smallest absolute Gasteiger partial charge is 0.110 e. The van der Waals surface area contributed by atoms with Gasteiger partial charge in [-0.1, -0.05) is 0 Å². The molecule has 0 bridgehead atoms. The lowest BCUT2D eigenvalue weighted by atomic mass is 10.3. The van der Waals surface area contributed by atoms with Crippen molar-refractivity contribution >= 4 is 33.4 Å². The summed E-state index contributed by atoms with van der Waals surface area (Å²) in [6.07, 6.45) is 4.42. The van der Waals surface area contributed by atoms with E-state index in [-0.39, 0.29) is 0 Å². The highest BCUT2D eigenvalue weighted by Crippen LogP contribution is 2.29. The fourth-order valence-electron chi connectivity index (χ4n) is 1.49. The van der Waals surface area contributed by atoms with E-state index in [4.69, 9.17) is 10.5 Å². The van der Waals surface area contributed by atoms with Gasteiger partial charge in [-0.05, 0) is 34.8 Å². The monoisotopic (exact) mass is 288 g/mol. The van der Waals surface area contributed by atoms with E-state index in [2.05, 4.69) is 20.9 Å². The molecule has 0 saturated carbocycles. The summed E-state index contributed by atoms with van der Waals surface area (Å²) >= 11 is 5.17. The molecule has 3 nitrogen and oxygen atoms in total. The first-order chi connectivity index (χ1) is 7.25. The second-order valence-electron chi connectivity index (χ2n) is 3.50. The molecule has 0 spiro atoms. The first-order valence-corrected chi connectivity index (χ1v) is 6.69. The first kappa shape index (κ1) is 11.2. The second-order valence-corrected chi connectivity index (χ2v) is 5.36. The van der Waals surface area contributed by atoms with Crippen molar-refractivity contribution in [3.63, 3.8) is 0 Å². The standard InChI is InChI=1S/C10H13BrN2OS/c11-9-4-7(12)5-13-10(9)15-6-8-2-1-3-14-8/h4-5,8H,1-3,6,12H2. The van der Waals surface area contributed by atoms with Gasteiger partial charge in [-0.25, -0.2) is 4.98 Å². The fraction of sp³-hybridized carbons (Fsp3) is 0.500. The van der Waals surface area contributed by atoms with Crippen LogP contribution in [0.4, 0.5) is 5.69 Å². The summed E-state index contributed by atoms with van der Waals surface area (Å²) in [6.45, 7) is 0.904. The van der Waals surface area contributed by atoms with Crippen LogP contribution in [-0.2, 0) is 4.74 Å². The maximum absolute atomic E-state index is 5.62. The van der Waals surface area contributed by atoms with Crippen molar-refractivity contribution in [2.24, 2.45) is 0 Å². The number of hydrogen-bond donors (Lipinski definition) is 1. The van der Waals surface area contributed by atoms with Gasteiger partial charge in [-0.3, -0.25) is 0 Å². The van der Waals surface area contributed by atoms with Crippen molar-refractivity contribution in [1.29, 1.82) is 0 Å². The second kappa shape index (κ2) is 5.18. The summed E-state index contributed by atoms with van der Waals surface area (Å²) < 4.78 is 6.51. The van der Waals surface area contributed by atoms with Crippen LogP contribution in [0.2, 0.25) is 0 Å². The number of nitrogens with two attached hydrogens (primary N) is 1. The lowest BCUT2D eigenvalue weighted by Crippen LogP contribution is -2.08. The molecule has 1 aliphatic heterocycles. The summed E-state index contributed by atoms with van der Waals surface area (Å²) in [7, 11) is 0. The molecule has 2 rings (SSSR count). The van der Waals surface area contributed by atoms with Crippen molar-refractivity contribution in [3.8, 4) is 0 Å². The van der Waals surface area contributed by atoms with Gasteiger partial charge in [-0.2, -0.15) is 0 Å². The van der Waals surface area contributed by atoms with Crippen LogP contribution in [0.25, 0.3) is 0 Å². The van der Waals surface area contributed by atoms with E-state index in [0.717, 1.165) is 21.9 Å². The molecule has 1 atom stereocenters. The largest absolute Gasteiger partial charge is 0.397 e. The zero-order valence-electron chi connectivity index (χ0n) is 8.28. The molecule has 1 aromatic rings. The van der Waals surface area contributed by atoms with E-state index in [0.29, 0.717) is 11.8 Å². The van der Waals surface area contributed by atoms with Crippen LogP contribution in [0, 0.1) is 0 Å². The third-order valence-electron chi connectivity index (χ3n) is 2.26. The average Bonchev–Trinajstić information content (AvgIpc) is 2.69. The van der Waals surface area contributed by atoms with Gasteiger partial charge in [-0.15, -0.1) is 11.8 Å². The van der Waals surface area contributed by atoms with E-state index in [1.54, 1.807) is 18.0 Å². The molecule has 15 heavy (non-hydrogen) atoms. The van der Waals surface area contributed by atoms with Gasteiger partial charge in [0.1, 0.15) is 5.03 Å². The highest BCUT2D eigenvalue weighted by Gasteiger charge is 2.16. The Bertz CT molecular complexity index is 342. The van der Waals surface area contributed by atoms with Gasteiger partial charge < -0.3 is 10.5 Å². The zero-order valence-corrected chi connectivity index (χ0v) is 10.7. The molecule has 0 aromatic carbocycles. The Balaban J connectivity index is 1.92. The number of ether oxygens (including phenoxy) is 1. The highest BCUT2D eigenvalue weighted by atomic mass is 79.9. The molecule has 5 heteroatoms. The van der Waals surface area contributed by atoms with Crippen molar-refractivity contribution in [1.82, 2.24) is 4.98 Å². The van der Waals surface area contributed by atoms with Crippen molar-refractivity contribution in [2.75, 3.05) is 18.1 Å². The Labute approximate surface area is 102 Å². The molecular formula is C10H13BrN2OS. The van der Waals surface area contributed by atoms with Crippen LogP contribution in [-0.4, -0.2) is 23.4 Å². The Morgan fingerprint density at radius 2 is 2.53 bits per heavy atom. The number of nitrogen functional groups attached to an aromatic ring is 1. The molecule has 0 amide bonds. The summed E-state index contributed by atoms with van der Waals surface area (Å²) in [5, 5.41) is 0.986. The quantitative estimate of drug-likeness (QED) is 0.869. The summed E-state index contributed by atoms with van der Waals surface area (Å²) in [4.78, 5) is 4.27. The molecule has 1 saturated heterocycles. The van der Waals surface area contributed by atoms with E-state index < -0.39 is 0 Å². The van der Waals surface area contributed by atoms with Crippen LogP contribution in [0.15, 0.2) is 21.8 Å². The first-order valence-electron chi connectivity index (χ1n) is 4.91. The van der Waals surface area contributed by atoms with E-state index in [1.807, 2.05) is 6.07 Å². The fourth-order valence-corrected chi connectivity index (χ4v) is 3.13. The number of rotatable bonds is 3. The van der Waals surface area contributed by atoms with Crippen molar-refractivity contribution < 1.29 is 4.74 Å². The number of nitrogens with zero attached hydrogens (tertiary/aromatic N) is 1. The zero-order chi connectivity index (χ0) is 10.7. The normalized spacial score (nSPS) is 20.7. The number of hydrogen-bond acceptors (Lipinski definition) is 4. The Kier molecular flexibility index (Phi) is 3.88. The summed E-state index contributed by atoms with van der Waals surface area (Å²) in [5.74, 6) is 0.968. The van der Waals surface area contributed by atoms with E-state index in [9.17, 15) is 0 Å². The van der Waals surface area contributed by atoms with Gasteiger partial charge in [0.25, 0.3) is 0 Å². The minimum Gasteiger partial charge on any atom is -0.397 e. The number of thioether (sulfide) groups is 1. The maximum Gasteiger partial charge on any atom is 0.110 e. The van der Waals surface area contributed by atoms with E-state index >= 15 is 0 Å². The van der Waals surface area contributed by atoms with Crippen LogP contribution in [0.3, 0.4) is 0 Å². The molecule has 1 aliphatic rings. The van der Waals surface area contributed by atoms with Crippen LogP contribution >= 0.6 is 27.7 Å². The topological polar surface area (TPSA) is 48.1 Å². The Morgan fingerprint density at radius 3 is 3.20 bits per heavy atom. The number of aromatic nitrogens is 1. The van der Waals surface area contributed by atoms with Crippen molar-refractivity contribution in [2.45, 2.75) is 24.0 Å². The van der Waals surface area contributed by atoms with Crippen LogP contribution in [0.1, 0.15) is 12.8 Å². The third kappa shape index (κ3) is 3.09. The lowest BCUT2D eigenvalue weighted by molar-refractivity contribution is 0.129. The summed E-state index contributed by atoms with van der Waals surface area (Å²) in [6, 6.07) is 1.88. The Morgan fingerprint density at radius 1 is 1.67 bits per heavy atom. The molecule has 2 heterocycles. The predicted molar refractivity (Wildman–Crippen MR) is 66.0 cm³/mol. The molecule has 0 aliphatic carbocycles. The third-order valence-corrected chi connectivity index (χ3v) is 4.26. The molecule has 82 valence electrons. The van der Waals surface area contributed by atoms with E-state index in [1.165, 1.54) is 12.8 Å². The van der Waals surface area contributed by atoms with Gasteiger partial charge in [0.15, 0.2) is 0 Å². The number of halogens is 1. The molecule has 0 radical (unpaired) electrons. The molecular weight excluding hydrogens is 276 g/mol. The van der Waals surface area contributed by atoms with Gasteiger partial charge in [0.05, 0.1) is 22.5 Å². The number of pyridine rings is 1. The van der Waals surface area contributed by atoms with Crippen molar-refractivity contribution in [3.05, 3.63) is 16.7 Å². The van der Waals surface area contributed by atoms with Gasteiger partial charge in [0, 0.05) is 12.4 Å². The maximum atomic E-state index is 5.62. The average molecular weight is 289 g/mol. The predicted octanol–water partition coefficient (Wildman–Crippen LogP) is 2.70. The summed E-state index contributed by atoms with van der Waals surface area (Å²) in [5.41, 5.74) is 6.30. The number of anilines is 1. The molecule has 2 N–H and O–H groups in total. The lowest BCUT2D eigenvalue weighted by Gasteiger charge is -2.09. The van der Waals surface area contributed by atoms with Gasteiger partial charge in [0.2, 0.25) is 0 Å². The minimum atomic E-state index is 0.390. The SMILES string of the molecule is Nc1cnc(SCC2CCCO2)c(Br)c1. The molecule has 1 unspecified atom stereocenters. The molecule has 1 fully saturated rings. The van der Waals surface area contributed by atoms with Crippen LogP contribution < -0.4 is 5.73 Å². The molecule has 1 aromatic heterocycles. The van der Waals surface area contributed by atoms with Crippen LogP contribution in [0.5, 0.6) is 0 Å².